The summed E-state index contributed by atoms with van der Waals surface area (Å²) in [5.74, 6) is 0. The largest absolute Gasteiger partial charge is 0.394 e. The Kier molecular flexibility index (Phi) is 7.86. The van der Waals surface area contributed by atoms with Crippen molar-refractivity contribution in [3.8, 4) is 0 Å². The maximum atomic E-state index is 12.1. The number of H-pyrrole nitrogens is 1. The van der Waals surface area contributed by atoms with Crippen molar-refractivity contribution in [3.63, 3.8) is 0 Å². The average Bonchev–Trinajstić information content (AvgIpc) is 3.02. The van der Waals surface area contributed by atoms with Crippen LogP contribution in [0.15, 0.2) is 20.9 Å². The van der Waals surface area contributed by atoms with Crippen molar-refractivity contribution in [1.82, 2.24) is 9.55 Å². The summed E-state index contributed by atoms with van der Waals surface area (Å²) in [7, 11) is 0. The summed E-state index contributed by atoms with van der Waals surface area (Å²) in [6.45, 7) is 2.44. The second-order valence-corrected chi connectivity index (χ2v) is 6.25. The Morgan fingerprint density at radius 1 is 1.46 bits per heavy atom. The molecule has 26 heavy (non-hydrogen) atoms. The molecule has 0 aliphatic carbocycles. The van der Waals surface area contributed by atoms with E-state index in [4.69, 9.17) is 15.0 Å². The van der Waals surface area contributed by atoms with Crippen LogP contribution in [0, 0.1) is 0 Å². The van der Waals surface area contributed by atoms with Crippen molar-refractivity contribution in [2.24, 2.45) is 5.11 Å². The van der Waals surface area contributed by atoms with Crippen LogP contribution >= 0.6 is 0 Å². The van der Waals surface area contributed by atoms with E-state index in [0.29, 0.717) is 12.2 Å². The zero-order chi connectivity index (χ0) is 18.9. The molecule has 10 nitrogen and oxygen atoms in total. The van der Waals surface area contributed by atoms with E-state index in [1.54, 1.807) is 0 Å². The Morgan fingerprint density at radius 2 is 2.27 bits per heavy atom. The van der Waals surface area contributed by atoms with Crippen LogP contribution in [0.25, 0.3) is 10.4 Å². The SMILES string of the molecule is CCCCCCOCc1cn([C@@H]2C[C@H](N=[N+]=[N-])[C@@H](CO)O2)c(=O)[nH]c1=O. The van der Waals surface area contributed by atoms with Gasteiger partial charge in [0.2, 0.25) is 0 Å². The van der Waals surface area contributed by atoms with Crippen LogP contribution in [0.5, 0.6) is 0 Å². The third-order valence-corrected chi connectivity index (χ3v) is 4.34. The second-order valence-electron chi connectivity index (χ2n) is 6.25. The van der Waals surface area contributed by atoms with Gasteiger partial charge in [0.05, 0.1) is 30.9 Å². The first kappa shape index (κ1) is 20.2. The Morgan fingerprint density at radius 3 is 2.96 bits per heavy atom. The highest BCUT2D eigenvalue weighted by molar-refractivity contribution is 5.04. The first-order valence-corrected chi connectivity index (χ1v) is 8.83. The molecule has 3 atom stereocenters. The van der Waals surface area contributed by atoms with Gasteiger partial charge in [0.25, 0.3) is 5.56 Å². The Labute approximate surface area is 150 Å². The molecule has 1 fully saturated rings. The lowest BCUT2D eigenvalue weighted by Crippen LogP contribution is -2.34. The molecule has 0 unspecified atom stereocenters. The van der Waals surface area contributed by atoms with Gasteiger partial charge in [-0.05, 0) is 12.0 Å². The van der Waals surface area contributed by atoms with Crippen molar-refractivity contribution in [2.45, 2.75) is 64.0 Å². The summed E-state index contributed by atoms with van der Waals surface area (Å²) >= 11 is 0. The van der Waals surface area contributed by atoms with Crippen LogP contribution in [-0.4, -0.2) is 40.0 Å². The molecular weight excluding hydrogens is 342 g/mol. The third kappa shape index (κ3) is 5.18. The van der Waals surface area contributed by atoms with Crippen LogP contribution in [0.3, 0.4) is 0 Å². The maximum absolute atomic E-state index is 12.1. The molecule has 1 saturated heterocycles. The van der Waals surface area contributed by atoms with Crippen molar-refractivity contribution < 1.29 is 14.6 Å². The molecule has 0 saturated carbocycles. The lowest BCUT2D eigenvalue weighted by Gasteiger charge is -2.15. The molecule has 1 aliphatic rings. The fraction of sp³-hybridized carbons (Fsp3) is 0.750. The minimum absolute atomic E-state index is 0.0949. The highest BCUT2D eigenvalue weighted by Crippen LogP contribution is 2.29. The molecule has 2 heterocycles. The molecule has 0 aromatic carbocycles. The predicted molar refractivity (Wildman–Crippen MR) is 93.7 cm³/mol. The van der Waals surface area contributed by atoms with Crippen LogP contribution in [0.4, 0.5) is 0 Å². The van der Waals surface area contributed by atoms with Crippen LogP contribution in [0.2, 0.25) is 0 Å². The molecule has 0 amide bonds. The molecule has 2 N–H and O–H groups in total. The van der Waals surface area contributed by atoms with Gasteiger partial charge in [-0.25, -0.2) is 4.79 Å². The fourth-order valence-corrected chi connectivity index (χ4v) is 2.89. The summed E-state index contributed by atoms with van der Waals surface area (Å²) < 4.78 is 12.4. The summed E-state index contributed by atoms with van der Waals surface area (Å²) in [4.78, 5) is 29.1. The molecule has 2 rings (SSSR count). The number of azide groups is 1. The maximum Gasteiger partial charge on any atom is 0.330 e. The highest BCUT2D eigenvalue weighted by Gasteiger charge is 2.35. The van der Waals surface area contributed by atoms with E-state index >= 15 is 0 Å². The minimum Gasteiger partial charge on any atom is -0.394 e. The Balaban J connectivity index is 2.06. The molecule has 1 aromatic rings. The van der Waals surface area contributed by atoms with Crippen molar-refractivity contribution in [2.75, 3.05) is 13.2 Å². The van der Waals surface area contributed by atoms with Gasteiger partial charge in [-0.2, -0.15) is 0 Å². The van der Waals surface area contributed by atoms with Gasteiger partial charge in [0.15, 0.2) is 0 Å². The van der Waals surface area contributed by atoms with Gasteiger partial charge in [-0.3, -0.25) is 14.3 Å². The van der Waals surface area contributed by atoms with Gasteiger partial charge in [-0.1, -0.05) is 31.3 Å². The Hall–Kier alpha value is -2.13. The molecule has 144 valence electrons. The number of hydrogen-bond donors (Lipinski definition) is 2. The number of ether oxygens (including phenoxy) is 2. The summed E-state index contributed by atoms with van der Waals surface area (Å²) in [5.41, 5.74) is 7.79. The molecule has 0 radical (unpaired) electrons. The van der Waals surface area contributed by atoms with Crippen molar-refractivity contribution in [3.05, 3.63) is 43.0 Å². The number of aliphatic hydroxyl groups excluding tert-OH is 1. The Bertz CT molecular complexity index is 739. The number of rotatable bonds is 10. The standard InChI is InChI=1S/C16H25N5O5/c1-2-3-4-5-6-25-10-11-8-21(16(24)18-15(11)23)14-7-12(19-20-17)13(9-22)26-14/h8,12-14,22H,2-7,9-10H2,1H3,(H,18,23,24)/t12-,13+,14-/m0/s1. The lowest BCUT2D eigenvalue weighted by molar-refractivity contribution is -0.0274. The first-order valence-electron chi connectivity index (χ1n) is 8.83. The van der Waals surface area contributed by atoms with E-state index in [0.717, 1.165) is 25.7 Å². The van der Waals surface area contributed by atoms with Crippen LogP contribution in [0.1, 0.15) is 50.8 Å². The number of unbranched alkanes of at least 4 members (excludes halogenated alkanes) is 3. The number of hydrogen-bond acceptors (Lipinski definition) is 6. The second kappa shape index (κ2) is 10.1. The highest BCUT2D eigenvalue weighted by atomic mass is 16.5. The van der Waals surface area contributed by atoms with Gasteiger partial charge >= 0.3 is 5.69 Å². The summed E-state index contributed by atoms with van der Waals surface area (Å²) in [6.07, 6.45) is 4.51. The zero-order valence-electron chi connectivity index (χ0n) is 14.8. The molecule has 0 bridgehead atoms. The van der Waals surface area contributed by atoms with Gasteiger partial charge in [0.1, 0.15) is 6.23 Å². The molecular formula is C16H25N5O5. The number of nitrogens with one attached hydrogen (secondary N) is 1. The monoisotopic (exact) mass is 367 g/mol. The average molecular weight is 367 g/mol. The van der Waals surface area contributed by atoms with E-state index in [1.165, 1.54) is 10.8 Å². The lowest BCUT2D eigenvalue weighted by atomic mass is 10.1. The van der Waals surface area contributed by atoms with E-state index in [1.807, 2.05) is 0 Å². The van der Waals surface area contributed by atoms with Crippen LogP contribution < -0.4 is 11.2 Å². The van der Waals surface area contributed by atoms with Gasteiger partial charge < -0.3 is 14.6 Å². The molecule has 1 aliphatic heterocycles. The summed E-state index contributed by atoms with van der Waals surface area (Å²) in [5, 5.41) is 12.9. The van der Waals surface area contributed by atoms with Crippen molar-refractivity contribution >= 4 is 0 Å². The zero-order valence-corrected chi connectivity index (χ0v) is 14.8. The number of aromatic amines is 1. The van der Waals surface area contributed by atoms with E-state index in [2.05, 4.69) is 21.9 Å². The molecule has 1 aromatic heterocycles. The van der Waals surface area contributed by atoms with Gasteiger partial charge in [-0.15, -0.1) is 0 Å². The number of aromatic nitrogens is 2. The number of nitrogens with zero attached hydrogens (tertiary/aromatic N) is 4. The first-order chi connectivity index (χ1) is 12.6. The molecule has 10 heteroatoms. The quantitative estimate of drug-likeness (QED) is 0.279. The number of aliphatic hydroxyl groups is 1. The fourth-order valence-electron chi connectivity index (χ4n) is 2.89. The predicted octanol–water partition coefficient (Wildman–Crippen LogP) is 1.59. The normalized spacial score (nSPS) is 22.3. The third-order valence-electron chi connectivity index (χ3n) is 4.34. The smallest absolute Gasteiger partial charge is 0.330 e. The van der Waals surface area contributed by atoms with E-state index in [-0.39, 0.29) is 19.6 Å². The topological polar surface area (TPSA) is 142 Å². The minimum atomic E-state index is -0.727. The van der Waals surface area contributed by atoms with E-state index in [9.17, 15) is 14.7 Å². The summed E-state index contributed by atoms with van der Waals surface area (Å²) in [6, 6.07) is -0.577. The van der Waals surface area contributed by atoms with Crippen LogP contribution in [-0.2, 0) is 16.1 Å². The molecule has 0 spiro atoms. The van der Waals surface area contributed by atoms with E-state index < -0.39 is 29.6 Å². The van der Waals surface area contributed by atoms with Gasteiger partial charge in [0, 0.05) is 24.1 Å². The van der Waals surface area contributed by atoms with Crippen molar-refractivity contribution in [1.29, 1.82) is 0 Å².